The predicted molar refractivity (Wildman–Crippen MR) is 82.2 cm³/mol. The van der Waals surface area contributed by atoms with E-state index in [4.69, 9.17) is 9.47 Å². The summed E-state index contributed by atoms with van der Waals surface area (Å²) in [6, 6.07) is 3.68. The Morgan fingerprint density at radius 1 is 1.17 bits per heavy atom. The summed E-state index contributed by atoms with van der Waals surface area (Å²) in [7, 11) is 0. The molecule has 2 aliphatic heterocycles. The zero-order chi connectivity index (χ0) is 16.0. The van der Waals surface area contributed by atoms with Gasteiger partial charge < -0.3 is 14.4 Å². The smallest absolute Gasteiger partial charge is 0.272 e. The zero-order valence-corrected chi connectivity index (χ0v) is 13.4. The predicted octanol–water partition coefficient (Wildman–Crippen LogP) is 1.33. The van der Waals surface area contributed by atoms with Gasteiger partial charge in [0.1, 0.15) is 5.69 Å². The number of likely N-dealkylation sites (tertiary alicyclic amines) is 1. The highest BCUT2D eigenvalue weighted by molar-refractivity contribution is 5.93. The van der Waals surface area contributed by atoms with Crippen LogP contribution in [0.3, 0.4) is 0 Å². The van der Waals surface area contributed by atoms with E-state index in [9.17, 15) is 4.79 Å². The molecule has 0 N–H and O–H groups in total. The normalized spacial score (nSPS) is 20.5. The average Bonchev–Trinajstić information content (AvgIpc) is 3.14. The van der Waals surface area contributed by atoms with E-state index < -0.39 is 5.79 Å². The molecular weight excluding hydrogens is 296 g/mol. The van der Waals surface area contributed by atoms with Crippen LogP contribution >= 0.6 is 0 Å². The lowest BCUT2D eigenvalue weighted by Crippen LogP contribution is -2.47. The van der Waals surface area contributed by atoms with Gasteiger partial charge >= 0.3 is 0 Å². The van der Waals surface area contributed by atoms with Gasteiger partial charge in [0.25, 0.3) is 5.91 Å². The summed E-state index contributed by atoms with van der Waals surface area (Å²) in [6.45, 7) is 6.40. The fourth-order valence-electron chi connectivity index (χ4n) is 3.35. The Kier molecular flexibility index (Phi) is 3.35. The average molecular weight is 316 g/mol. The molecule has 7 heteroatoms. The van der Waals surface area contributed by atoms with E-state index in [-0.39, 0.29) is 5.91 Å². The van der Waals surface area contributed by atoms with Gasteiger partial charge in [0.05, 0.1) is 18.9 Å². The maximum Gasteiger partial charge on any atom is 0.272 e. The quantitative estimate of drug-likeness (QED) is 0.794. The Balaban J connectivity index is 1.55. The number of nitrogens with zero attached hydrogens (tertiary/aromatic N) is 4. The Morgan fingerprint density at radius 3 is 2.57 bits per heavy atom. The molecule has 4 heterocycles. The van der Waals surface area contributed by atoms with Crippen molar-refractivity contribution in [2.24, 2.45) is 0 Å². The molecule has 0 radical (unpaired) electrons. The van der Waals surface area contributed by atoms with E-state index >= 15 is 0 Å². The van der Waals surface area contributed by atoms with Gasteiger partial charge in [-0.1, -0.05) is 0 Å². The van der Waals surface area contributed by atoms with Crippen LogP contribution in [0, 0.1) is 13.8 Å². The van der Waals surface area contributed by atoms with Crippen LogP contribution < -0.4 is 0 Å². The molecule has 2 saturated heterocycles. The van der Waals surface area contributed by atoms with Crippen LogP contribution in [0.5, 0.6) is 0 Å². The van der Waals surface area contributed by atoms with E-state index in [1.807, 2.05) is 24.8 Å². The van der Waals surface area contributed by atoms with Crippen molar-refractivity contribution in [1.29, 1.82) is 0 Å². The van der Waals surface area contributed by atoms with Gasteiger partial charge in [0.2, 0.25) is 0 Å². The second-order valence-corrected chi connectivity index (χ2v) is 6.24. The molecule has 0 aromatic carbocycles. The van der Waals surface area contributed by atoms with Crippen LogP contribution in [0.1, 0.15) is 34.7 Å². The number of hydrogen-bond acceptors (Lipinski definition) is 5. The van der Waals surface area contributed by atoms with E-state index in [1.165, 1.54) is 0 Å². The SMILES string of the molecule is Cc1cc2nc(C(=O)N3CCC4(CC3)OCCO4)cc(C)n2n1. The third kappa shape index (κ3) is 2.49. The lowest BCUT2D eigenvalue weighted by Gasteiger charge is -2.37. The number of hydrogen-bond donors (Lipinski definition) is 0. The summed E-state index contributed by atoms with van der Waals surface area (Å²) in [5.74, 6) is -0.505. The topological polar surface area (TPSA) is 69.0 Å². The Bertz CT molecular complexity index is 754. The molecule has 2 aromatic heterocycles. The fourth-order valence-corrected chi connectivity index (χ4v) is 3.35. The van der Waals surface area contributed by atoms with Crippen molar-refractivity contribution in [3.05, 3.63) is 29.2 Å². The largest absolute Gasteiger partial charge is 0.347 e. The zero-order valence-electron chi connectivity index (χ0n) is 13.4. The highest BCUT2D eigenvalue weighted by Crippen LogP contribution is 2.31. The molecule has 1 spiro atoms. The third-order valence-electron chi connectivity index (χ3n) is 4.57. The van der Waals surface area contributed by atoms with Crippen molar-refractivity contribution in [3.63, 3.8) is 0 Å². The van der Waals surface area contributed by atoms with Crippen molar-refractivity contribution >= 4 is 11.6 Å². The number of rotatable bonds is 1. The van der Waals surface area contributed by atoms with E-state index in [1.54, 1.807) is 10.6 Å². The number of aryl methyl sites for hydroxylation is 2. The van der Waals surface area contributed by atoms with Crippen LogP contribution in [-0.2, 0) is 9.47 Å². The molecule has 0 atom stereocenters. The molecule has 0 aliphatic carbocycles. The first kappa shape index (κ1) is 14.6. The number of piperidine rings is 1. The first-order valence-corrected chi connectivity index (χ1v) is 7.98. The third-order valence-corrected chi connectivity index (χ3v) is 4.57. The Hall–Kier alpha value is -1.99. The van der Waals surface area contributed by atoms with Crippen molar-refractivity contribution in [1.82, 2.24) is 19.5 Å². The number of aromatic nitrogens is 3. The summed E-state index contributed by atoms with van der Waals surface area (Å²) < 4.78 is 13.2. The molecule has 0 saturated carbocycles. The van der Waals surface area contributed by atoms with E-state index in [2.05, 4.69) is 10.1 Å². The van der Waals surface area contributed by atoms with Crippen molar-refractivity contribution in [2.75, 3.05) is 26.3 Å². The van der Waals surface area contributed by atoms with Gasteiger partial charge in [-0.15, -0.1) is 0 Å². The van der Waals surface area contributed by atoms with Gasteiger partial charge in [0.15, 0.2) is 11.4 Å². The second-order valence-electron chi connectivity index (χ2n) is 6.24. The van der Waals surface area contributed by atoms with Crippen LogP contribution in [-0.4, -0.2) is 57.5 Å². The number of amides is 1. The first-order chi connectivity index (χ1) is 11.1. The van der Waals surface area contributed by atoms with Crippen molar-refractivity contribution in [3.8, 4) is 0 Å². The van der Waals surface area contributed by atoms with Gasteiger partial charge in [-0.2, -0.15) is 5.10 Å². The molecule has 4 rings (SSSR count). The molecule has 23 heavy (non-hydrogen) atoms. The number of ether oxygens (including phenoxy) is 2. The maximum absolute atomic E-state index is 12.8. The molecule has 0 bridgehead atoms. The monoisotopic (exact) mass is 316 g/mol. The van der Waals surface area contributed by atoms with Crippen LogP contribution in [0.4, 0.5) is 0 Å². The maximum atomic E-state index is 12.8. The number of fused-ring (bicyclic) bond motifs is 1. The molecule has 1 amide bonds. The number of carbonyl (C=O) groups is 1. The molecule has 7 nitrogen and oxygen atoms in total. The first-order valence-electron chi connectivity index (χ1n) is 7.98. The van der Waals surface area contributed by atoms with Gasteiger partial charge in [0, 0.05) is 37.7 Å². The minimum absolute atomic E-state index is 0.0395. The van der Waals surface area contributed by atoms with Crippen LogP contribution in [0.15, 0.2) is 12.1 Å². The number of carbonyl (C=O) groups excluding carboxylic acids is 1. The summed E-state index contributed by atoms with van der Waals surface area (Å²) in [5.41, 5.74) is 2.98. The van der Waals surface area contributed by atoms with Crippen molar-refractivity contribution in [2.45, 2.75) is 32.5 Å². The minimum Gasteiger partial charge on any atom is -0.347 e. The van der Waals surface area contributed by atoms with Crippen LogP contribution in [0.2, 0.25) is 0 Å². The molecule has 2 aliphatic rings. The van der Waals surface area contributed by atoms with Gasteiger partial charge in [-0.3, -0.25) is 4.79 Å². The summed E-state index contributed by atoms with van der Waals surface area (Å²) in [6.07, 6.45) is 1.43. The van der Waals surface area contributed by atoms with Gasteiger partial charge in [-0.25, -0.2) is 9.50 Å². The second kappa shape index (κ2) is 5.28. The lowest BCUT2D eigenvalue weighted by molar-refractivity contribution is -0.181. The highest BCUT2D eigenvalue weighted by Gasteiger charge is 2.41. The molecule has 2 aromatic rings. The van der Waals surface area contributed by atoms with Crippen molar-refractivity contribution < 1.29 is 14.3 Å². The summed E-state index contributed by atoms with van der Waals surface area (Å²) in [5, 5.41) is 4.37. The molecular formula is C16H20N4O3. The standard InChI is InChI=1S/C16H20N4O3/c1-11-9-14-17-13(10-12(2)20(14)18-11)15(21)19-5-3-16(4-6-19)22-7-8-23-16/h9-10H,3-8H2,1-2H3. The van der Waals surface area contributed by atoms with Crippen LogP contribution in [0.25, 0.3) is 5.65 Å². The summed E-state index contributed by atoms with van der Waals surface area (Å²) in [4.78, 5) is 19.1. The molecule has 2 fully saturated rings. The highest BCUT2D eigenvalue weighted by atomic mass is 16.7. The van der Waals surface area contributed by atoms with E-state index in [0.29, 0.717) is 50.5 Å². The molecule has 0 unspecified atom stereocenters. The van der Waals surface area contributed by atoms with E-state index in [0.717, 1.165) is 11.4 Å². The Labute approximate surface area is 134 Å². The summed E-state index contributed by atoms with van der Waals surface area (Å²) >= 11 is 0. The fraction of sp³-hybridized carbons (Fsp3) is 0.562. The van der Waals surface area contributed by atoms with Gasteiger partial charge in [-0.05, 0) is 19.9 Å². The molecule has 122 valence electrons. The lowest BCUT2D eigenvalue weighted by atomic mass is 10.0. The minimum atomic E-state index is -0.466. The Morgan fingerprint density at radius 2 is 1.87 bits per heavy atom.